The summed E-state index contributed by atoms with van der Waals surface area (Å²) in [5.74, 6) is 0.217. The Balaban J connectivity index is 1.87. The maximum absolute atomic E-state index is 12.8. The molecule has 0 spiro atoms. The van der Waals surface area contributed by atoms with Crippen LogP contribution in [0.1, 0.15) is 12.8 Å². The Kier molecular flexibility index (Phi) is 4.42. The molecule has 2 heterocycles. The van der Waals surface area contributed by atoms with Gasteiger partial charge in [0.25, 0.3) is 0 Å². The molecule has 1 aromatic carbocycles. The number of anilines is 1. The summed E-state index contributed by atoms with van der Waals surface area (Å²) in [7, 11) is -3.53. The Hall–Kier alpha value is -2.19. The molecule has 1 aliphatic heterocycles. The monoisotopic (exact) mass is 348 g/mol. The number of piperidine rings is 1. The van der Waals surface area contributed by atoms with E-state index in [-0.39, 0.29) is 12.8 Å². The van der Waals surface area contributed by atoms with Crippen molar-refractivity contribution < 1.29 is 13.2 Å². The maximum atomic E-state index is 12.8. The SMILES string of the molecule is CS(=O)(=O)C1(C(=O)Nc2cccc(-c3ncc[nH]3)c2)CCNCC1. The lowest BCUT2D eigenvalue weighted by atomic mass is 9.95. The molecule has 1 fully saturated rings. The molecule has 0 saturated carbocycles. The molecule has 3 rings (SSSR count). The van der Waals surface area contributed by atoms with Crippen molar-refractivity contribution in [3.05, 3.63) is 36.7 Å². The molecule has 8 heteroatoms. The van der Waals surface area contributed by atoms with Gasteiger partial charge in [-0.3, -0.25) is 4.79 Å². The Bertz CT molecular complexity index is 825. The van der Waals surface area contributed by atoms with E-state index in [0.29, 0.717) is 24.6 Å². The van der Waals surface area contributed by atoms with E-state index >= 15 is 0 Å². The summed E-state index contributed by atoms with van der Waals surface area (Å²) in [6.45, 7) is 1.01. The van der Waals surface area contributed by atoms with Crippen LogP contribution in [0.5, 0.6) is 0 Å². The number of benzene rings is 1. The van der Waals surface area contributed by atoms with Crippen molar-refractivity contribution in [2.24, 2.45) is 0 Å². The van der Waals surface area contributed by atoms with Gasteiger partial charge in [0.1, 0.15) is 5.82 Å². The molecule has 7 nitrogen and oxygen atoms in total. The second-order valence-electron chi connectivity index (χ2n) is 5.99. The molecule has 1 saturated heterocycles. The number of rotatable bonds is 4. The standard InChI is InChI=1S/C16H20N4O3S/c1-24(22,23)16(5-7-17-8-6-16)15(21)20-13-4-2-3-12(11-13)14-18-9-10-19-14/h2-4,9-11,17H,5-8H2,1H3,(H,18,19)(H,20,21). The summed E-state index contributed by atoms with van der Waals surface area (Å²) in [6.07, 6.45) is 5.05. The van der Waals surface area contributed by atoms with Gasteiger partial charge >= 0.3 is 0 Å². The Morgan fingerprint density at radius 1 is 1.29 bits per heavy atom. The first kappa shape index (κ1) is 16.7. The van der Waals surface area contributed by atoms with Gasteiger partial charge in [-0.1, -0.05) is 12.1 Å². The third-order valence-corrected chi connectivity index (χ3v) is 6.44. The highest BCUT2D eigenvalue weighted by molar-refractivity contribution is 7.92. The number of aromatic nitrogens is 2. The van der Waals surface area contributed by atoms with Crippen LogP contribution in [-0.2, 0) is 14.6 Å². The summed E-state index contributed by atoms with van der Waals surface area (Å²) in [6, 6.07) is 7.17. The first-order chi connectivity index (χ1) is 11.4. The number of amides is 1. The average molecular weight is 348 g/mol. The molecule has 2 aromatic rings. The highest BCUT2D eigenvalue weighted by Crippen LogP contribution is 2.30. The average Bonchev–Trinajstić information content (AvgIpc) is 3.09. The Morgan fingerprint density at radius 2 is 2.04 bits per heavy atom. The van der Waals surface area contributed by atoms with E-state index in [2.05, 4.69) is 20.6 Å². The lowest BCUT2D eigenvalue weighted by molar-refractivity contribution is -0.119. The molecule has 1 amide bonds. The topological polar surface area (TPSA) is 104 Å². The zero-order valence-corrected chi connectivity index (χ0v) is 14.2. The number of aromatic amines is 1. The molecule has 0 unspecified atom stereocenters. The fraction of sp³-hybridized carbons (Fsp3) is 0.375. The summed E-state index contributed by atoms with van der Waals surface area (Å²) >= 11 is 0. The normalized spacial score (nSPS) is 17.4. The van der Waals surface area contributed by atoms with Crippen molar-refractivity contribution in [3.63, 3.8) is 0 Å². The molecule has 0 radical (unpaired) electrons. The first-order valence-corrected chi connectivity index (χ1v) is 9.63. The quantitative estimate of drug-likeness (QED) is 0.770. The number of sulfone groups is 1. The van der Waals surface area contributed by atoms with Gasteiger partial charge in [-0.05, 0) is 38.1 Å². The fourth-order valence-corrected chi connectivity index (χ4v) is 4.34. The molecule has 1 aliphatic rings. The summed E-state index contributed by atoms with van der Waals surface area (Å²) in [5, 5.41) is 5.87. The van der Waals surface area contributed by atoms with Crippen LogP contribution in [0.25, 0.3) is 11.4 Å². The van der Waals surface area contributed by atoms with Gasteiger partial charge in [-0.2, -0.15) is 0 Å². The summed E-state index contributed by atoms with van der Waals surface area (Å²) in [4.78, 5) is 20.0. The zero-order valence-electron chi connectivity index (χ0n) is 13.4. The van der Waals surface area contributed by atoms with E-state index in [1.54, 1.807) is 30.6 Å². The predicted molar refractivity (Wildman–Crippen MR) is 92.3 cm³/mol. The molecular weight excluding hydrogens is 328 g/mol. The van der Waals surface area contributed by atoms with Crippen LogP contribution in [0.4, 0.5) is 5.69 Å². The molecule has 0 bridgehead atoms. The Morgan fingerprint density at radius 3 is 2.67 bits per heavy atom. The second-order valence-corrected chi connectivity index (χ2v) is 8.31. The minimum absolute atomic E-state index is 0.273. The van der Waals surface area contributed by atoms with Crippen molar-refractivity contribution >= 4 is 21.4 Å². The van der Waals surface area contributed by atoms with Gasteiger partial charge in [-0.15, -0.1) is 0 Å². The number of nitrogens with one attached hydrogen (secondary N) is 3. The van der Waals surface area contributed by atoms with E-state index in [1.165, 1.54) is 0 Å². The second kappa shape index (κ2) is 6.37. The van der Waals surface area contributed by atoms with Crippen molar-refractivity contribution in [2.75, 3.05) is 24.7 Å². The molecule has 24 heavy (non-hydrogen) atoms. The van der Waals surface area contributed by atoms with Gasteiger partial charge in [0.2, 0.25) is 5.91 Å². The minimum Gasteiger partial charge on any atom is -0.345 e. The number of imidazole rings is 1. The Labute approximate surface area is 140 Å². The number of carbonyl (C=O) groups excluding carboxylic acids is 1. The highest BCUT2D eigenvalue weighted by atomic mass is 32.2. The van der Waals surface area contributed by atoms with Crippen LogP contribution < -0.4 is 10.6 Å². The number of carbonyl (C=O) groups is 1. The third-order valence-electron chi connectivity index (χ3n) is 4.43. The number of nitrogens with zero attached hydrogens (tertiary/aromatic N) is 1. The number of hydrogen-bond acceptors (Lipinski definition) is 5. The van der Waals surface area contributed by atoms with Gasteiger partial charge in [0.05, 0.1) is 0 Å². The smallest absolute Gasteiger partial charge is 0.245 e. The van der Waals surface area contributed by atoms with Crippen LogP contribution in [-0.4, -0.2) is 48.4 Å². The summed E-state index contributed by atoms with van der Waals surface area (Å²) < 4.78 is 23.2. The van der Waals surface area contributed by atoms with Crippen molar-refractivity contribution in [1.29, 1.82) is 0 Å². The van der Waals surface area contributed by atoms with Crippen LogP contribution in [0, 0.1) is 0 Å². The first-order valence-electron chi connectivity index (χ1n) is 7.74. The molecule has 1 aromatic heterocycles. The van der Waals surface area contributed by atoms with Gasteiger partial charge in [0, 0.05) is 29.9 Å². The molecular formula is C16H20N4O3S. The summed E-state index contributed by atoms with van der Waals surface area (Å²) in [5.41, 5.74) is 1.37. The number of hydrogen-bond donors (Lipinski definition) is 3. The molecule has 0 aliphatic carbocycles. The maximum Gasteiger partial charge on any atom is 0.245 e. The van der Waals surface area contributed by atoms with E-state index < -0.39 is 20.5 Å². The number of H-pyrrole nitrogens is 1. The van der Waals surface area contributed by atoms with E-state index in [9.17, 15) is 13.2 Å². The molecule has 3 N–H and O–H groups in total. The largest absolute Gasteiger partial charge is 0.345 e. The lowest BCUT2D eigenvalue weighted by Crippen LogP contribution is -2.55. The van der Waals surface area contributed by atoms with E-state index in [4.69, 9.17) is 0 Å². The van der Waals surface area contributed by atoms with Gasteiger partial charge in [-0.25, -0.2) is 13.4 Å². The van der Waals surface area contributed by atoms with E-state index in [0.717, 1.165) is 11.8 Å². The van der Waals surface area contributed by atoms with E-state index in [1.807, 2.05) is 6.07 Å². The van der Waals surface area contributed by atoms with Crippen LogP contribution in [0.2, 0.25) is 0 Å². The van der Waals surface area contributed by atoms with Crippen LogP contribution in [0.3, 0.4) is 0 Å². The lowest BCUT2D eigenvalue weighted by Gasteiger charge is -2.34. The molecule has 128 valence electrons. The zero-order chi connectivity index (χ0) is 17.2. The molecule has 0 atom stereocenters. The van der Waals surface area contributed by atoms with Crippen molar-refractivity contribution in [1.82, 2.24) is 15.3 Å². The predicted octanol–water partition coefficient (Wildman–Crippen LogP) is 1.18. The van der Waals surface area contributed by atoms with Gasteiger partial charge in [0.15, 0.2) is 14.6 Å². The van der Waals surface area contributed by atoms with Crippen molar-refractivity contribution in [3.8, 4) is 11.4 Å². The van der Waals surface area contributed by atoms with Crippen LogP contribution in [0.15, 0.2) is 36.7 Å². The third kappa shape index (κ3) is 3.07. The van der Waals surface area contributed by atoms with Crippen molar-refractivity contribution in [2.45, 2.75) is 17.6 Å². The van der Waals surface area contributed by atoms with Gasteiger partial charge < -0.3 is 15.6 Å². The minimum atomic E-state index is -3.53. The fourth-order valence-electron chi connectivity index (χ4n) is 3.01. The highest BCUT2D eigenvalue weighted by Gasteiger charge is 2.48. The van der Waals surface area contributed by atoms with Crippen LogP contribution >= 0.6 is 0 Å².